The molecular weight excluding hydrogens is 283 g/mol. The van der Waals surface area contributed by atoms with E-state index in [0.29, 0.717) is 5.69 Å². The van der Waals surface area contributed by atoms with Crippen LogP contribution in [-0.2, 0) is 0 Å². The monoisotopic (exact) mass is 297 g/mol. The predicted molar refractivity (Wildman–Crippen MR) is 73.7 cm³/mol. The molecule has 1 aromatic heterocycles. The summed E-state index contributed by atoms with van der Waals surface area (Å²) in [7, 11) is 0. The number of nitrogens with one attached hydrogen (secondary N) is 1. The van der Waals surface area contributed by atoms with E-state index >= 15 is 0 Å². The number of anilines is 2. The van der Waals surface area contributed by atoms with Gasteiger partial charge >= 0.3 is 6.61 Å². The number of ether oxygens (including phenoxy) is 1. The number of hydrogen-bond acceptors (Lipinski definition) is 4. The van der Waals surface area contributed by atoms with Gasteiger partial charge in [-0.2, -0.15) is 8.78 Å². The molecular formula is C14H14F3N3O. The van der Waals surface area contributed by atoms with Crippen molar-refractivity contribution in [3.8, 4) is 5.75 Å². The SMILES string of the molecule is CC(Nc1cc(OC(F)F)c(F)cc1N)c1cccnc1. The van der Waals surface area contributed by atoms with E-state index in [2.05, 4.69) is 15.0 Å². The van der Waals surface area contributed by atoms with Crippen molar-refractivity contribution in [2.75, 3.05) is 11.1 Å². The Hall–Kier alpha value is -2.44. The molecule has 3 N–H and O–H groups in total. The van der Waals surface area contributed by atoms with Crippen LogP contribution in [0.1, 0.15) is 18.5 Å². The summed E-state index contributed by atoms with van der Waals surface area (Å²) in [5, 5.41) is 3.01. The molecule has 1 aromatic carbocycles. The van der Waals surface area contributed by atoms with Crippen molar-refractivity contribution >= 4 is 11.4 Å². The normalized spacial score (nSPS) is 12.2. The standard InChI is InChI=1S/C14H14F3N3O/c1-8(9-3-2-4-19-7-9)20-12-6-13(21-14(16)17)10(15)5-11(12)18/h2-8,14,20H,18H2,1H3. The molecule has 1 heterocycles. The summed E-state index contributed by atoms with van der Waals surface area (Å²) < 4.78 is 42.0. The number of alkyl halides is 2. The molecule has 0 saturated heterocycles. The lowest BCUT2D eigenvalue weighted by Crippen LogP contribution is -2.10. The minimum absolute atomic E-state index is 0.102. The van der Waals surface area contributed by atoms with E-state index in [-0.39, 0.29) is 11.7 Å². The molecule has 4 nitrogen and oxygen atoms in total. The number of hydrogen-bond donors (Lipinski definition) is 2. The highest BCUT2D eigenvalue weighted by molar-refractivity contribution is 5.69. The summed E-state index contributed by atoms with van der Waals surface area (Å²) in [6, 6.07) is 5.49. The molecule has 0 aliphatic heterocycles. The summed E-state index contributed by atoms with van der Waals surface area (Å²) in [4.78, 5) is 3.99. The average Bonchev–Trinajstić information content (AvgIpc) is 2.44. The van der Waals surface area contributed by atoms with Crippen LogP contribution in [0.5, 0.6) is 5.75 Å². The lowest BCUT2D eigenvalue weighted by atomic mass is 10.1. The minimum atomic E-state index is -3.10. The van der Waals surface area contributed by atoms with Crippen LogP contribution in [0.4, 0.5) is 24.5 Å². The molecule has 21 heavy (non-hydrogen) atoms. The van der Waals surface area contributed by atoms with Crippen LogP contribution in [0.25, 0.3) is 0 Å². The summed E-state index contributed by atoms with van der Waals surface area (Å²) in [5.74, 6) is -1.49. The second kappa shape index (κ2) is 6.34. The summed E-state index contributed by atoms with van der Waals surface area (Å²) in [6.45, 7) is -1.26. The van der Waals surface area contributed by atoms with Gasteiger partial charge in [0, 0.05) is 24.5 Å². The average molecular weight is 297 g/mol. The maximum Gasteiger partial charge on any atom is 0.387 e. The van der Waals surface area contributed by atoms with Gasteiger partial charge in [0.05, 0.1) is 17.4 Å². The zero-order valence-electron chi connectivity index (χ0n) is 11.2. The number of nitrogen functional groups attached to an aromatic ring is 1. The summed E-state index contributed by atoms with van der Waals surface area (Å²) >= 11 is 0. The van der Waals surface area contributed by atoms with Crippen molar-refractivity contribution in [2.24, 2.45) is 0 Å². The topological polar surface area (TPSA) is 60.2 Å². The second-order valence-corrected chi connectivity index (χ2v) is 4.40. The molecule has 0 saturated carbocycles. The highest BCUT2D eigenvalue weighted by Gasteiger charge is 2.15. The molecule has 1 unspecified atom stereocenters. The van der Waals surface area contributed by atoms with Gasteiger partial charge in [0.25, 0.3) is 0 Å². The minimum Gasteiger partial charge on any atom is -0.432 e. The highest BCUT2D eigenvalue weighted by atomic mass is 19.3. The van der Waals surface area contributed by atoms with Crippen LogP contribution in [0, 0.1) is 5.82 Å². The van der Waals surface area contributed by atoms with Crippen LogP contribution in [-0.4, -0.2) is 11.6 Å². The van der Waals surface area contributed by atoms with Gasteiger partial charge in [-0.3, -0.25) is 4.98 Å². The van der Waals surface area contributed by atoms with Crippen molar-refractivity contribution in [1.82, 2.24) is 4.98 Å². The van der Waals surface area contributed by atoms with Crippen molar-refractivity contribution in [3.05, 3.63) is 48.0 Å². The van der Waals surface area contributed by atoms with Crippen LogP contribution in [0.2, 0.25) is 0 Å². The molecule has 1 atom stereocenters. The summed E-state index contributed by atoms with van der Waals surface area (Å²) in [5.41, 5.74) is 6.97. The first kappa shape index (κ1) is 15.0. The van der Waals surface area contributed by atoms with Crippen molar-refractivity contribution in [3.63, 3.8) is 0 Å². The fourth-order valence-electron chi connectivity index (χ4n) is 1.83. The number of aromatic nitrogens is 1. The third-order valence-electron chi connectivity index (χ3n) is 2.88. The Morgan fingerprint density at radius 2 is 2.10 bits per heavy atom. The van der Waals surface area contributed by atoms with Crippen LogP contribution in [0.3, 0.4) is 0 Å². The van der Waals surface area contributed by atoms with Gasteiger partial charge in [-0.05, 0) is 18.6 Å². The number of nitrogens with zero attached hydrogens (tertiary/aromatic N) is 1. The molecule has 0 spiro atoms. The van der Waals surface area contributed by atoms with Gasteiger partial charge in [0.15, 0.2) is 11.6 Å². The maximum atomic E-state index is 13.5. The Kier molecular flexibility index (Phi) is 4.52. The Balaban J connectivity index is 2.23. The smallest absolute Gasteiger partial charge is 0.387 e. The van der Waals surface area contributed by atoms with Crippen LogP contribution in [0.15, 0.2) is 36.7 Å². The van der Waals surface area contributed by atoms with Crippen LogP contribution < -0.4 is 15.8 Å². The molecule has 0 aliphatic rings. The van der Waals surface area contributed by atoms with Crippen molar-refractivity contribution in [1.29, 1.82) is 0 Å². The predicted octanol–water partition coefficient (Wildman–Crippen LogP) is 3.58. The molecule has 0 fully saturated rings. The number of nitrogens with two attached hydrogens (primary N) is 1. The first-order valence-corrected chi connectivity index (χ1v) is 6.17. The van der Waals surface area contributed by atoms with E-state index in [0.717, 1.165) is 17.7 Å². The van der Waals surface area contributed by atoms with Gasteiger partial charge in [-0.15, -0.1) is 0 Å². The van der Waals surface area contributed by atoms with E-state index in [4.69, 9.17) is 5.73 Å². The van der Waals surface area contributed by atoms with Gasteiger partial charge in [0.1, 0.15) is 0 Å². The van der Waals surface area contributed by atoms with Gasteiger partial charge < -0.3 is 15.8 Å². The van der Waals surface area contributed by atoms with E-state index in [1.807, 2.05) is 13.0 Å². The molecule has 0 bridgehead atoms. The molecule has 0 radical (unpaired) electrons. The molecule has 112 valence electrons. The van der Waals surface area contributed by atoms with Crippen molar-refractivity contribution < 1.29 is 17.9 Å². The maximum absolute atomic E-state index is 13.5. The number of halogens is 3. The van der Waals surface area contributed by atoms with Crippen LogP contribution >= 0.6 is 0 Å². The Labute approximate surface area is 119 Å². The van der Waals surface area contributed by atoms with E-state index in [1.54, 1.807) is 18.5 Å². The molecule has 2 aromatic rings. The molecule has 7 heteroatoms. The van der Waals surface area contributed by atoms with Gasteiger partial charge in [0.2, 0.25) is 0 Å². The first-order chi connectivity index (χ1) is 9.97. The fraction of sp³-hybridized carbons (Fsp3) is 0.214. The quantitative estimate of drug-likeness (QED) is 0.828. The largest absolute Gasteiger partial charge is 0.432 e. The summed E-state index contributed by atoms with van der Waals surface area (Å²) in [6.07, 6.45) is 3.30. The zero-order chi connectivity index (χ0) is 15.4. The number of pyridine rings is 1. The Morgan fingerprint density at radius 3 is 2.71 bits per heavy atom. The molecule has 0 aliphatic carbocycles. The fourth-order valence-corrected chi connectivity index (χ4v) is 1.83. The van der Waals surface area contributed by atoms with E-state index < -0.39 is 18.2 Å². The van der Waals surface area contributed by atoms with Gasteiger partial charge in [-0.25, -0.2) is 4.39 Å². The first-order valence-electron chi connectivity index (χ1n) is 6.17. The Morgan fingerprint density at radius 1 is 1.33 bits per heavy atom. The molecule has 0 amide bonds. The van der Waals surface area contributed by atoms with Gasteiger partial charge in [-0.1, -0.05) is 6.07 Å². The number of benzene rings is 1. The lowest BCUT2D eigenvalue weighted by molar-refractivity contribution is -0.0521. The number of rotatable bonds is 5. The second-order valence-electron chi connectivity index (χ2n) is 4.40. The zero-order valence-corrected chi connectivity index (χ0v) is 11.2. The third-order valence-corrected chi connectivity index (χ3v) is 2.88. The lowest BCUT2D eigenvalue weighted by Gasteiger charge is -2.18. The Bertz CT molecular complexity index is 608. The third kappa shape index (κ3) is 3.77. The van der Waals surface area contributed by atoms with E-state index in [1.165, 1.54) is 0 Å². The molecule has 2 rings (SSSR count). The highest BCUT2D eigenvalue weighted by Crippen LogP contribution is 2.31. The van der Waals surface area contributed by atoms with E-state index in [9.17, 15) is 13.2 Å². The van der Waals surface area contributed by atoms with Crippen molar-refractivity contribution in [2.45, 2.75) is 19.6 Å².